The summed E-state index contributed by atoms with van der Waals surface area (Å²) in [7, 11) is -0.139. The number of hydrogen-bond acceptors (Lipinski definition) is 2. The van der Waals surface area contributed by atoms with Crippen LogP contribution in [0.5, 0.6) is 0 Å². The molecule has 0 amide bonds. The summed E-state index contributed by atoms with van der Waals surface area (Å²) in [6, 6.07) is 10.0. The van der Waals surface area contributed by atoms with Crippen molar-refractivity contribution in [3.63, 3.8) is 0 Å². The number of hydrogen-bond donors (Lipinski definition) is 2. The fourth-order valence-corrected chi connectivity index (χ4v) is 4.93. The van der Waals surface area contributed by atoms with Crippen molar-refractivity contribution in [2.75, 3.05) is 12.0 Å². The second kappa shape index (κ2) is 8.17. The molecule has 160 valence electrons. The Morgan fingerprint density at radius 1 is 1.14 bits per heavy atom. The van der Waals surface area contributed by atoms with Crippen molar-refractivity contribution < 1.29 is 23.1 Å². The number of pyridine rings is 2. The van der Waals surface area contributed by atoms with Crippen LogP contribution in [0.3, 0.4) is 0 Å². The van der Waals surface area contributed by atoms with Crippen LogP contribution in [0.2, 0.25) is 0 Å². The van der Waals surface area contributed by atoms with Crippen LogP contribution in [0, 0.1) is 5.92 Å². The molecule has 1 aliphatic carbocycles. The van der Waals surface area contributed by atoms with Crippen LogP contribution in [0.4, 0.5) is 13.2 Å². The molecule has 0 saturated heterocycles. The van der Waals surface area contributed by atoms with E-state index in [1.54, 1.807) is 6.07 Å². The van der Waals surface area contributed by atoms with E-state index in [1.165, 1.54) is 10.8 Å². The van der Waals surface area contributed by atoms with E-state index < -0.39 is 17.3 Å². The predicted molar refractivity (Wildman–Crippen MR) is 111 cm³/mol. The zero-order chi connectivity index (χ0) is 21.4. The first-order valence-corrected chi connectivity index (χ1v) is 12.1. The number of rotatable bonds is 7. The maximum Gasteiger partial charge on any atom is 0.433 e. The zero-order valence-corrected chi connectivity index (χ0v) is 18.3. The Labute approximate surface area is 173 Å². The zero-order valence-electron chi connectivity index (χ0n) is 17.4. The van der Waals surface area contributed by atoms with Crippen molar-refractivity contribution in [2.45, 2.75) is 56.9 Å². The minimum Gasteiger partial charge on any atom is -0.285 e. The van der Waals surface area contributed by atoms with Crippen molar-refractivity contribution in [3.05, 3.63) is 59.2 Å². The Morgan fingerprint density at radius 2 is 1.79 bits per heavy atom. The second-order valence-electron chi connectivity index (χ2n) is 8.68. The monoisotopic (exact) mass is 427 g/mol. The lowest BCUT2D eigenvalue weighted by molar-refractivity contribution is -0.914. The molecular weight excluding hydrogens is 397 g/mol. The molecule has 2 aromatic rings. The average Bonchev–Trinajstić information content (AvgIpc) is 3.40. The van der Waals surface area contributed by atoms with E-state index in [0.29, 0.717) is 11.6 Å². The van der Waals surface area contributed by atoms with Gasteiger partial charge in [-0.1, -0.05) is 26.8 Å². The lowest BCUT2D eigenvalue weighted by Crippen LogP contribution is -2.39. The van der Waals surface area contributed by atoms with E-state index in [-0.39, 0.29) is 16.8 Å². The van der Waals surface area contributed by atoms with E-state index in [4.69, 9.17) is 0 Å². The normalized spacial score (nSPS) is 21.1. The highest BCUT2D eigenvalue weighted by Crippen LogP contribution is 2.52. The molecule has 3 atom stereocenters. The maximum atomic E-state index is 13.0. The molecule has 0 aliphatic heterocycles. The minimum atomic E-state index is -4.44. The summed E-state index contributed by atoms with van der Waals surface area (Å²) >= 11 is 0. The maximum absolute atomic E-state index is 13.0. The average molecular weight is 428 g/mol. The summed E-state index contributed by atoms with van der Waals surface area (Å²) in [6.07, 6.45) is -0.548. The molecule has 3 nitrogen and oxygen atoms in total. The van der Waals surface area contributed by atoms with Gasteiger partial charge >= 0.3 is 6.18 Å². The third-order valence-electron chi connectivity index (χ3n) is 5.85. The number of nitrogens with zero attached hydrogens (tertiary/aromatic N) is 2. The van der Waals surface area contributed by atoms with Crippen molar-refractivity contribution in [1.29, 1.82) is 0 Å². The minimum absolute atomic E-state index is 0.139. The Hall–Kier alpha value is -1.76. The molecule has 7 heteroatoms. The van der Waals surface area contributed by atoms with Gasteiger partial charge in [0, 0.05) is 28.0 Å². The van der Waals surface area contributed by atoms with Gasteiger partial charge in [-0.15, -0.1) is 0 Å². The molecule has 0 spiro atoms. The van der Waals surface area contributed by atoms with Crippen molar-refractivity contribution in [2.24, 2.45) is 5.92 Å². The molecule has 29 heavy (non-hydrogen) atoms. The number of halogens is 3. The number of thiol groups is 1. The smallest absolute Gasteiger partial charge is 0.285 e. The molecule has 3 rings (SSSR count). The van der Waals surface area contributed by atoms with Gasteiger partial charge in [-0.05, 0) is 49.0 Å². The first-order chi connectivity index (χ1) is 13.5. The van der Waals surface area contributed by atoms with Gasteiger partial charge < -0.3 is 0 Å². The van der Waals surface area contributed by atoms with Gasteiger partial charge in [0.25, 0.3) is 0 Å². The fraction of sp³-hybridized carbons (Fsp3) is 0.545. The van der Waals surface area contributed by atoms with Crippen molar-refractivity contribution >= 4 is 10.9 Å². The van der Waals surface area contributed by atoms with Crippen LogP contribution in [0.1, 0.15) is 62.3 Å². The van der Waals surface area contributed by atoms with Crippen LogP contribution < -0.4 is 4.73 Å². The lowest BCUT2D eigenvalue weighted by Gasteiger charge is -2.25. The predicted octanol–water partition coefficient (Wildman–Crippen LogP) is 5.25. The van der Waals surface area contributed by atoms with Gasteiger partial charge in [0.15, 0.2) is 0 Å². The van der Waals surface area contributed by atoms with Crippen molar-refractivity contribution in [1.82, 2.24) is 4.98 Å². The molecule has 3 unspecified atom stereocenters. The summed E-state index contributed by atoms with van der Waals surface area (Å²) < 4.78 is 40.4. The van der Waals surface area contributed by atoms with Gasteiger partial charge in [-0.25, -0.2) is 15.9 Å². The highest BCUT2D eigenvalue weighted by molar-refractivity contribution is 8.15. The van der Waals surface area contributed by atoms with E-state index in [1.807, 2.05) is 32.0 Å². The van der Waals surface area contributed by atoms with E-state index in [9.17, 15) is 18.4 Å². The largest absolute Gasteiger partial charge is 0.433 e. The Kier molecular flexibility index (Phi) is 6.18. The second-order valence-corrected chi connectivity index (χ2v) is 11.3. The first-order valence-electron chi connectivity index (χ1n) is 9.99. The SMILES string of the molecule is CC[SH](C)Cc1cccc(C2CC2CC(C)(C)c2cccc(C(F)(F)F)n2)[n+]1O. The van der Waals surface area contributed by atoms with Gasteiger partial charge in [-0.2, -0.15) is 13.2 Å². The molecule has 0 radical (unpaired) electrons. The summed E-state index contributed by atoms with van der Waals surface area (Å²) in [4.78, 5) is 3.89. The summed E-state index contributed by atoms with van der Waals surface area (Å²) in [5, 5.41) is 10.7. The molecule has 1 N–H and O–H groups in total. The molecule has 1 aliphatic rings. The highest BCUT2D eigenvalue weighted by Gasteiger charge is 2.48. The van der Waals surface area contributed by atoms with Crippen LogP contribution >= 0.6 is 10.9 Å². The highest BCUT2D eigenvalue weighted by atomic mass is 32.2. The summed E-state index contributed by atoms with van der Waals surface area (Å²) in [5.41, 5.74) is 0.979. The molecule has 0 aromatic carbocycles. The van der Waals surface area contributed by atoms with Gasteiger partial charge in [0.2, 0.25) is 11.4 Å². The molecule has 2 aromatic heterocycles. The molecule has 0 bridgehead atoms. The lowest BCUT2D eigenvalue weighted by atomic mass is 9.82. The van der Waals surface area contributed by atoms with Crippen molar-refractivity contribution in [3.8, 4) is 0 Å². The van der Waals surface area contributed by atoms with Crippen LogP contribution in [0.15, 0.2) is 36.4 Å². The van der Waals surface area contributed by atoms with Crippen LogP contribution in [-0.2, 0) is 17.3 Å². The standard InChI is InChI=1S/C22H30F3N2OS/c1-5-29(4)14-16-8-6-9-18(27(16)28)17-12-15(17)13-21(2,3)19-10-7-11-20(26-19)22(23,24)25/h6-11,15,17,28-29H,5,12-14H2,1-4H3/q+1. The number of aromatic nitrogens is 2. The Balaban J connectivity index is 1.73. The van der Waals surface area contributed by atoms with Gasteiger partial charge in [0.05, 0.1) is 11.7 Å². The van der Waals surface area contributed by atoms with E-state index in [2.05, 4.69) is 18.2 Å². The molecular formula is C22H30F3N2OS+. The van der Waals surface area contributed by atoms with Gasteiger partial charge in [-0.3, -0.25) is 5.21 Å². The van der Waals surface area contributed by atoms with Gasteiger partial charge in [0.1, 0.15) is 5.69 Å². The van der Waals surface area contributed by atoms with E-state index in [0.717, 1.165) is 41.8 Å². The molecule has 1 fully saturated rings. The summed E-state index contributed by atoms with van der Waals surface area (Å²) in [5.74, 6) is 2.55. The third-order valence-corrected chi connectivity index (χ3v) is 7.80. The summed E-state index contributed by atoms with van der Waals surface area (Å²) in [6.45, 7) is 6.05. The quantitative estimate of drug-likeness (QED) is 0.360. The van der Waals surface area contributed by atoms with Crippen LogP contribution in [-0.4, -0.2) is 22.2 Å². The topological polar surface area (TPSA) is 37.0 Å². The number of alkyl halides is 3. The Morgan fingerprint density at radius 3 is 2.45 bits per heavy atom. The third kappa shape index (κ3) is 5.05. The Bertz CT molecular complexity index is 869. The van der Waals surface area contributed by atoms with E-state index >= 15 is 0 Å². The molecule has 1 saturated carbocycles. The molecule has 2 heterocycles. The van der Waals surface area contributed by atoms with Crippen LogP contribution in [0.25, 0.3) is 0 Å². The first kappa shape index (κ1) is 21.9. The fourth-order valence-electron chi connectivity index (χ4n) is 3.92.